The number of ether oxygens (including phenoxy) is 1. The van der Waals surface area contributed by atoms with Crippen LogP contribution in [0.5, 0.6) is 0 Å². The molecule has 0 aromatic heterocycles. The van der Waals surface area contributed by atoms with E-state index in [0.29, 0.717) is 13.0 Å². The molecule has 18 heavy (non-hydrogen) atoms. The van der Waals surface area contributed by atoms with Crippen LogP contribution in [0.1, 0.15) is 32.6 Å². The number of esters is 1. The van der Waals surface area contributed by atoms with Crippen molar-refractivity contribution in [2.75, 3.05) is 32.8 Å². The van der Waals surface area contributed by atoms with Crippen molar-refractivity contribution in [2.45, 2.75) is 38.6 Å². The van der Waals surface area contributed by atoms with Crippen molar-refractivity contribution in [3.8, 4) is 6.07 Å². The van der Waals surface area contributed by atoms with Crippen LogP contribution in [0.2, 0.25) is 0 Å². The average molecular weight is 253 g/mol. The second-order valence-electron chi connectivity index (χ2n) is 4.50. The zero-order chi connectivity index (χ0) is 13.2. The smallest absolute Gasteiger partial charge is 0.305 e. The van der Waals surface area contributed by atoms with Gasteiger partial charge in [-0.15, -0.1) is 0 Å². The molecule has 5 heteroatoms. The highest BCUT2D eigenvalue weighted by molar-refractivity contribution is 5.69. The van der Waals surface area contributed by atoms with Gasteiger partial charge < -0.3 is 10.1 Å². The first-order valence-electron chi connectivity index (χ1n) is 6.78. The number of hydrogen-bond acceptors (Lipinski definition) is 5. The van der Waals surface area contributed by atoms with Crippen molar-refractivity contribution in [3.63, 3.8) is 0 Å². The van der Waals surface area contributed by atoms with Crippen LogP contribution in [0.3, 0.4) is 0 Å². The SMILES string of the molecule is CCOC(=O)CCCCCN1CCNCC1C#N. The van der Waals surface area contributed by atoms with Crippen molar-refractivity contribution in [1.82, 2.24) is 10.2 Å². The van der Waals surface area contributed by atoms with Gasteiger partial charge >= 0.3 is 5.97 Å². The molecule has 1 aliphatic heterocycles. The van der Waals surface area contributed by atoms with Crippen molar-refractivity contribution in [1.29, 1.82) is 5.26 Å². The predicted octanol–water partition coefficient (Wildman–Crippen LogP) is 0.907. The van der Waals surface area contributed by atoms with Gasteiger partial charge in [0.25, 0.3) is 0 Å². The third-order valence-corrected chi connectivity index (χ3v) is 3.13. The maximum absolute atomic E-state index is 11.1. The van der Waals surface area contributed by atoms with E-state index < -0.39 is 0 Å². The van der Waals surface area contributed by atoms with E-state index in [1.807, 2.05) is 6.92 Å². The van der Waals surface area contributed by atoms with E-state index in [-0.39, 0.29) is 12.0 Å². The molecular formula is C13H23N3O2. The van der Waals surface area contributed by atoms with Crippen LogP contribution in [0.4, 0.5) is 0 Å². The Hall–Kier alpha value is -1.12. The van der Waals surface area contributed by atoms with Crippen molar-refractivity contribution in [2.24, 2.45) is 0 Å². The molecule has 1 unspecified atom stereocenters. The quantitative estimate of drug-likeness (QED) is 0.539. The van der Waals surface area contributed by atoms with E-state index in [1.165, 1.54) is 0 Å². The van der Waals surface area contributed by atoms with Gasteiger partial charge in [-0.3, -0.25) is 9.69 Å². The first-order valence-corrected chi connectivity index (χ1v) is 6.78. The van der Waals surface area contributed by atoms with Gasteiger partial charge in [-0.1, -0.05) is 6.42 Å². The number of unbranched alkanes of at least 4 members (excludes halogenated alkanes) is 2. The molecule has 1 atom stereocenters. The molecule has 1 N–H and O–H groups in total. The topological polar surface area (TPSA) is 65.4 Å². The normalized spacial score (nSPS) is 20.3. The first kappa shape index (κ1) is 14.9. The Kier molecular flexibility index (Phi) is 7.38. The molecule has 0 spiro atoms. The average Bonchev–Trinajstić information content (AvgIpc) is 2.39. The minimum absolute atomic E-state index is 0.00352. The van der Waals surface area contributed by atoms with Crippen LogP contribution in [-0.2, 0) is 9.53 Å². The maximum atomic E-state index is 11.1. The lowest BCUT2D eigenvalue weighted by atomic mass is 10.1. The number of nitrogens with one attached hydrogen (secondary N) is 1. The zero-order valence-electron chi connectivity index (χ0n) is 11.2. The number of piperazine rings is 1. The van der Waals surface area contributed by atoms with Gasteiger partial charge in [0.15, 0.2) is 0 Å². The second kappa shape index (κ2) is 8.90. The molecule has 102 valence electrons. The van der Waals surface area contributed by atoms with Gasteiger partial charge in [0.05, 0.1) is 12.7 Å². The summed E-state index contributed by atoms with van der Waals surface area (Å²) < 4.78 is 4.87. The fourth-order valence-corrected chi connectivity index (χ4v) is 2.14. The number of carbonyl (C=O) groups is 1. The van der Waals surface area contributed by atoms with Crippen LogP contribution >= 0.6 is 0 Å². The number of rotatable bonds is 7. The molecule has 0 saturated carbocycles. The van der Waals surface area contributed by atoms with E-state index in [2.05, 4.69) is 16.3 Å². The monoisotopic (exact) mass is 253 g/mol. The molecule has 0 aromatic carbocycles. The van der Waals surface area contributed by atoms with E-state index in [1.54, 1.807) is 0 Å². The lowest BCUT2D eigenvalue weighted by Crippen LogP contribution is -2.50. The molecular weight excluding hydrogens is 230 g/mol. The summed E-state index contributed by atoms with van der Waals surface area (Å²) in [6.45, 7) is 5.90. The number of hydrogen-bond donors (Lipinski definition) is 1. The highest BCUT2D eigenvalue weighted by atomic mass is 16.5. The van der Waals surface area contributed by atoms with Gasteiger partial charge in [-0.2, -0.15) is 5.26 Å². The minimum Gasteiger partial charge on any atom is -0.466 e. The first-order chi connectivity index (χ1) is 8.77. The van der Waals surface area contributed by atoms with Crippen LogP contribution < -0.4 is 5.32 Å². The van der Waals surface area contributed by atoms with Crippen molar-refractivity contribution < 1.29 is 9.53 Å². The Morgan fingerprint density at radius 2 is 2.33 bits per heavy atom. The predicted molar refractivity (Wildman–Crippen MR) is 68.9 cm³/mol. The summed E-state index contributed by atoms with van der Waals surface area (Å²) >= 11 is 0. The lowest BCUT2D eigenvalue weighted by molar-refractivity contribution is -0.143. The van der Waals surface area contributed by atoms with E-state index in [0.717, 1.165) is 45.4 Å². The third kappa shape index (κ3) is 5.48. The number of nitrogens with zero attached hydrogens (tertiary/aromatic N) is 2. The molecule has 5 nitrogen and oxygen atoms in total. The second-order valence-corrected chi connectivity index (χ2v) is 4.50. The standard InChI is InChI=1S/C13H23N3O2/c1-2-18-13(17)6-4-3-5-8-16-9-7-15-11-12(16)10-14/h12,15H,2-9,11H2,1H3. The van der Waals surface area contributed by atoms with Gasteiger partial charge in [-0.25, -0.2) is 0 Å². The Morgan fingerprint density at radius 3 is 3.06 bits per heavy atom. The zero-order valence-corrected chi connectivity index (χ0v) is 11.2. The molecule has 0 amide bonds. The van der Waals surface area contributed by atoms with Crippen molar-refractivity contribution in [3.05, 3.63) is 0 Å². The maximum Gasteiger partial charge on any atom is 0.305 e. The number of carbonyl (C=O) groups excluding carboxylic acids is 1. The fourth-order valence-electron chi connectivity index (χ4n) is 2.14. The Labute approximate surface area is 109 Å². The largest absolute Gasteiger partial charge is 0.466 e. The molecule has 1 saturated heterocycles. The molecule has 0 radical (unpaired) electrons. The van der Waals surface area contributed by atoms with Crippen LogP contribution in [-0.4, -0.2) is 49.7 Å². The molecule has 0 aliphatic carbocycles. The molecule has 0 aromatic rings. The molecule has 1 heterocycles. The van der Waals surface area contributed by atoms with Crippen molar-refractivity contribution >= 4 is 5.97 Å². The summed E-state index contributed by atoms with van der Waals surface area (Å²) in [5, 5.41) is 12.2. The minimum atomic E-state index is -0.102. The van der Waals surface area contributed by atoms with E-state index in [4.69, 9.17) is 10.00 Å². The molecule has 0 bridgehead atoms. The summed E-state index contributed by atoms with van der Waals surface area (Å²) in [6, 6.07) is 2.32. The van der Waals surface area contributed by atoms with Gasteiger partial charge in [0.2, 0.25) is 0 Å². The molecule has 1 aliphatic rings. The Morgan fingerprint density at radius 1 is 1.50 bits per heavy atom. The van der Waals surface area contributed by atoms with Gasteiger partial charge in [-0.05, 0) is 26.3 Å². The lowest BCUT2D eigenvalue weighted by Gasteiger charge is -2.31. The van der Waals surface area contributed by atoms with E-state index in [9.17, 15) is 4.79 Å². The van der Waals surface area contributed by atoms with Gasteiger partial charge in [0, 0.05) is 26.1 Å². The molecule has 1 fully saturated rings. The fraction of sp³-hybridized carbons (Fsp3) is 0.846. The Balaban J connectivity index is 2.06. The van der Waals surface area contributed by atoms with Crippen LogP contribution in [0.15, 0.2) is 0 Å². The Bertz CT molecular complexity index is 288. The summed E-state index contributed by atoms with van der Waals surface area (Å²) in [5.41, 5.74) is 0. The highest BCUT2D eigenvalue weighted by Gasteiger charge is 2.20. The molecule has 1 rings (SSSR count). The number of nitriles is 1. The van der Waals surface area contributed by atoms with Crippen LogP contribution in [0, 0.1) is 11.3 Å². The highest BCUT2D eigenvalue weighted by Crippen LogP contribution is 2.07. The van der Waals surface area contributed by atoms with E-state index >= 15 is 0 Å². The van der Waals surface area contributed by atoms with Gasteiger partial charge in [0.1, 0.15) is 6.04 Å². The summed E-state index contributed by atoms with van der Waals surface area (Å²) in [6.07, 6.45) is 3.44. The summed E-state index contributed by atoms with van der Waals surface area (Å²) in [5.74, 6) is -0.102. The third-order valence-electron chi connectivity index (χ3n) is 3.13. The van der Waals surface area contributed by atoms with Crippen LogP contribution in [0.25, 0.3) is 0 Å². The summed E-state index contributed by atoms with van der Waals surface area (Å²) in [7, 11) is 0. The summed E-state index contributed by atoms with van der Waals surface area (Å²) in [4.78, 5) is 13.3.